The maximum absolute atomic E-state index is 13.2. The second kappa shape index (κ2) is 5.81. The van der Waals surface area contributed by atoms with E-state index >= 15 is 0 Å². The van der Waals surface area contributed by atoms with Gasteiger partial charge in [0.2, 0.25) is 0 Å². The Hall–Kier alpha value is -2.33. The fraction of sp³-hybridized carbons (Fsp3) is 0.222. The second-order valence-electron chi connectivity index (χ2n) is 5.66. The number of carbonyl (C=O) groups is 2. The molecule has 0 saturated carbocycles. The van der Waals surface area contributed by atoms with E-state index in [0.717, 1.165) is 5.56 Å². The zero-order valence-electron chi connectivity index (χ0n) is 12.0. The van der Waals surface area contributed by atoms with Crippen LogP contribution in [0, 0.1) is 11.7 Å². The summed E-state index contributed by atoms with van der Waals surface area (Å²) in [6.45, 7) is 0. The fourth-order valence-corrected chi connectivity index (χ4v) is 2.97. The molecule has 0 spiro atoms. The molecule has 2 aromatic carbocycles. The van der Waals surface area contributed by atoms with Crippen molar-refractivity contribution < 1.29 is 14.0 Å². The van der Waals surface area contributed by atoms with E-state index in [1.807, 2.05) is 0 Å². The van der Waals surface area contributed by atoms with Gasteiger partial charge in [0.1, 0.15) is 5.82 Å². The van der Waals surface area contributed by atoms with E-state index in [1.165, 1.54) is 12.1 Å². The van der Waals surface area contributed by atoms with Crippen LogP contribution >= 0.6 is 0 Å². The highest BCUT2D eigenvalue weighted by Gasteiger charge is 2.38. The van der Waals surface area contributed by atoms with Crippen molar-refractivity contribution in [3.8, 4) is 0 Å². The summed E-state index contributed by atoms with van der Waals surface area (Å²) in [5.74, 6) is -1.34. The Kier molecular flexibility index (Phi) is 3.86. The first-order valence-electron chi connectivity index (χ1n) is 7.23. The number of benzene rings is 2. The molecule has 2 N–H and O–H groups in total. The molecule has 0 radical (unpaired) electrons. The molecular formula is C18H16FNO2. The molecule has 22 heavy (non-hydrogen) atoms. The van der Waals surface area contributed by atoms with Crippen LogP contribution < -0.4 is 5.73 Å². The Morgan fingerprint density at radius 2 is 1.64 bits per heavy atom. The summed E-state index contributed by atoms with van der Waals surface area (Å²) in [7, 11) is 0. The molecule has 3 nitrogen and oxygen atoms in total. The normalized spacial score (nSPS) is 15.9. The van der Waals surface area contributed by atoms with Gasteiger partial charge in [-0.1, -0.05) is 36.4 Å². The Balaban J connectivity index is 1.72. The number of Topliss-reactive ketones (excluding diaryl/α,β-unsaturated/α-hetero) is 2. The van der Waals surface area contributed by atoms with Crippen molar-refractivity contribution in [2.75, 3.05) is 0 Å². The molecule has 1 atom stereocenters. The number of carbonyl (C=O) groups excluding carboxylic acids is 2. The van der Waals surface area contributed by atoms with Crippen molar-refractivity contribution in [3.63, 3.8) is 0 Å². The first kappa shape index (κ1) is 14.6. The van der Waals surface area contributed by atoms with Crippen LogP contribution in [0.5, 0.6) is 0 Å². The van der Waals surface area contributed by atoms with E-state index in [-0.39, 0.29) is 29.8 Å². The Bertz CT molecular complexity index is 706. The van der Waals surface area contributed by atoms with Crippen LogP contribution in [-0.2, 0) is 6.42 Å². The molecule has 0 heterocycles. The first-order valence-corrected chi connectivity index (χ1v) is 7.23. The van der Waals surface area contributed by atoms with Crippen LogP contribution in [0.4, 0.5) is 4.39 Å². The number of rotatable bonds is 4. The maximum atomic E-state index is 13.2. The monoisotopic (exact) mass is 297 g/mol. The van der Waals surface area contributed by atoms with Gasteiger partial charge in [-0.2, -0.15) is 0 Å². The summed E-state index contributed by atoms with van der Waals surface area (Å²) >= 11 is 0. The molecule has 112 valence electrons. The topological polar surface area (TPSA) is 60.2 Å². The highest BCUT2D eigenvalue weighted by atomic mass is 19.1. The van der Waals surface area contributed by atoms with Crippen molar-refractivity contribution in [2.45, 2.75) is 18.9 Å². The van der Waals surface area contributed by atoms with Crippen LogP contribution in [0.25, 0.3) is 0 Å². The molecule has 0 bridgehead atoms. The Morgan fingerprint density at radius 3 is 2.23 bits per heavy atom. The summed E-state index contributed by atoms with van der Waals surface area (Å²) in [5, 5.41) is 0. The van der Waals surface area contributed by atoms with Crippen molar-refractivity contribution >= 4 is 11.6 Å². The lowest BCUT2D eigenvalue weighted by Crippen LogP contribution is -2.30. The van der Waals surface area contributed by atoms with Gasteiger partial charge in [0.15, 0.2) is 11.6 Å². The summed E-state index contributed by atoms with van der Waals surface area (Å²) < 4.78 is 13.2. The molecule has 0 unspecified atom stereocenters. The number of hydrogen-bond donors (Lipinski definition) is 1. The average molecular weight is 297 g/mol. The minimum atomic E-state index is -0.707. The fourth-order valence-electron chi connectivity index (χ4n) is 2.97. The zero-order chi connectivity index (χ0) is 15.7. The van der Waals surface area contributed by atoms with Gasteiger partial charge in [-0.05, 0) is 30.5 Å². The SMILES string of the molecule is N[C@H](Cc1cccc(F)c1)CC1C(=O)c2ccccc2C1=O. The summed E-state index contributed by atoms with van der Waals surface area (Å²) in [6.07, 6.45) is 0.716. The molecule has 0 fully saturated rings. The molecule has 0 aliphatic heterocycles. The predicted molar refractivity (Wildman–Crippen MR) is 81.3 cm³/mol. The maximum Gasteiger partial charge on any atom is 0.174 e. The summed E-state index contributed by atoms with van der Waals surface area (Å²) in [6, 6.07) is 12.7. The van der Waals surface area contributed by atoms with E-state index in [1.54, 1.807) is 36.4 Å². The number of fused-ring (bicyclic) bond motifs is 1. The quantitative estimate of drug-likeness (QED) is 0.883. The molecule has 1 aliphatic rings. The van der Waals surface area contributed by atoms with Crippen molar-refractivity contribution in [2.24, 2.45) is 11.7 Å². The van der Waals surface area contributed by atoms with Crippen molar-refractivity contribution in [1.82, 2.24) is 0 Å². The molecule has 0 saturated heterocycles. The van der Waals surface area contributed by atoms with Gasteiger partial charge in [0.25, 0.3) is 0 Å². The highest BCUT2D eigenvalue weighted by Crippen LogP contribution is 2.29. The lowest BCUT2D eigenvalue weighted by Gasteiger charge is -2.15. The standard InChI is InChI=1S/C18H16FNO2/c19-12-5-3-4-11(8-12)9-13(20)10-16-17(21)14-6-1-2-7-15(14)18(16)22/h1-8,13,16H,9-10,20H2/t13-/m1/s1. The number of halogens is 1. The van der Waals surface area contributed by atoms with E-state index in [2.05, 4.69) is 0 Å². The van der Waals surface area contributed by atoms with Gasteiger partial charge in [0, 0.05) is 17.2 Å². The van der Waals surface area contributed by atoms with E-state index in [0.29, 0.717) is 17.5 Å². The van der Waals surface area contributed by atoms with Crippen molar-refractivity contribution in [1.29, 1.82) is 0 Å². The van der Waals surface area contributed by atoms with Gasteiger partial charge in [-0.15, -0.1) is 0 Å². The van der Waals surface area contributed by atoms with E-state index < -0.39 is 5.92 Å². The van der Waals surface area contributed by atoms with Gasteiger partial charge < -0.3 is 5.73 Å². The van der Waals surface area contributed by atoms with Crippen molar-refractivity contribution in [3.05, 3.63) is 71.0 Å². The number of nitrogens with two attached hydrogens (primary N) is 1. The lowest BCUT2D eigenvalue weighted by molar-refractivity contribution is 0.0824. The summed E-state index contributed by atoms with van der Waals surface area (Å²) in [5.41, 5.74) is 7.80. The Labute approximate surface area is 128 Å². The lowest BCUT2D eigenvalue weighted by atomic mass is 9.92. The van der Waals surface area contributed by atoms with Gasteiger partial charge in [-0.3, -0.25) is 9.59 Å². The molecule has 2 aromatic rings. The predicted octanol–water partition coefficient (Wildman–Crippen LogP) is 2.78. The molecular weight excluding hydrogens is 281 g/mol. The molecule has 0 amide bonds. The van der Waals surface area contributed by atoms with Crippen LogP contribution in [0.2, 0.25) is 0 Å². The molecule has 3 rings (SSSR count). The third kappa shape index (κ3) is 2.70. The molecule has 1 aliphatic carbocycles. The second-order valence-corrected chi connectivity index (χ2v) is 5.66. The van der Waals surface area contributed by atoms with E-state index in [9.17, 15) is 14.0 Å². The number of hydrogen-bond acceptors (Lipinski definition) is 3. The number of ketones is 2. The van der Waals surface area contributed by atoms with Crippen LogP contribution in [0.3, 0.4) is 0 Å². The minimum Gasteiger partial charge on any atom is -0.327 e. The highest BCUT2D eigenvalue weighted by molar-refractivity contribution is 6.26. The summed E-state index contributed by atoms with van der Waals surface area (Å²) in [4.78, 5) is 24.6. The van der Waals surface area contributed by atoms with Gasteiger partial charge in [0.05, 0.1) is 5.92 Å². The van der Waals surface area contributed by atoms with Crippen LogP contribution in [0.1, 0.15) is 32.7 Å². The first-order chi connectivity index (χ1) is 10.6. The smallest absolute Gasteiger partial charge is 0.174 e. The minimum absolute atomic E-state index is 0.157. The van der Waals surface area contributed by atoms with Gasteiger partial charge >= 0.3 is 0 Å². The third-order valence-electron chi connectivity index (χ3n) is 4.02. The third-order valence-corrected chi connectivity index (χ3v) is 4.02. The van der Waals surface area contributed by atoms with E-state index in [4.69, 9.17) is 5.73 Å². The average Bonchev–Trinajstić information content (AvgIpc) is 2.73. The van der Waals surface area contributed by atoms with Gasteiger partial charge in [-0.25, -0.2) is 4.39 Å². The zero-order valence-corrected chi connectivity index (χ0v) is 12.0. The van der Waals surface area contributed by atoms with Crippen LogP contribution in [-0.4, -0.2) is 17.6 Å². The Morgan fingerprint density at radius 1 is 1.00 bits per heavy atom. The molecule has 4 heteroatoms. The molecule has 0 aromatic heterocycles. The largest absolute Gasteiger partial charge is 0.327 e. The van der Waals surface area contributed by atoms with Crippen LogP contribution in [0.15, 0.2) is 48.5 Å².